The Hall–Kier alpha value is -2.58. The molecule has 4 rings (SSSR count). The summed E-state index contributed by atoms with van der Waals surface area (Å²) in [6, 6.07) is 17.6. The summed E-state index contributed by atoms with van der Waals surface area (Å²) in [5, 5.41) is 4.87. The number of hydrogen-bond donors (Lipinski definition) is 0. The van der Waals surface area contributed by atoms with Crippen molar-refractivity contribution >= 4 is 11.6 Å². The molecule has 0 unspecified atom stereocenters. The molecule has 1 atom stereocenters. The third-order valence-electron chi connectivity index (χ3n) is 5.82. The summed E-state index contributed by atoms with van der Waals surface area (Å²) >= 11 is 6.09. The number of aryl methyl sites for hydroxylation is 1. The van der Waals surface area contributed by atoms with E-state index < -0.39 is 5.60 Å². The minimum absolute atomic E-state index is 0.375. The molecule has 0 amide bonds. The first kappa shape index (κ1) is 24.5. The standard InChI is InChI=1S/C26H32ClN3O4/c1-31-26(21-34-25-9-3-7-23(27)17-25)19-29(13-15-32-20-26)18-22-6-2-8-24(16-22)33-14-5-12-30-11-4-10-28-30/h2-4,6-11,16-17H,5,12-15,18-21H2,1H3/t26-/m1/s1. The fourth-order valence-electron chi connectivity index (χ4n) is 4.00. The molecular weight excluding hydrogens is 454 g/mol. The Morgan fingerprint density at radius 2 is 1.94 bits per heavy atom. The molecule has 0 N–H and O–H groups in total. The number of hydrogen-bond acceptors (Lipinski definition) is 6. The summed E-state index contributed by atoms with van der Waals surface area (Å²) in [6.07, 6.45) is 4.66. The van der Waals surface area contributed by atoms with Gasteiger partial charge < -0.3 is 18.9 Å². The Balaban J connectivity index is 1.32. The van der Waals surface area contributed by atoms with Gasteiger partial charge in [-0.25, -0.2) is 0 Å². The summed E-state index contributed by atoms with van der Waals surface area (Å²) in [5.74, 6) is 1.60. The van der Waals surface area contributed by atoms with Gasteiger partial charge in [0, 0.05) is 57.1 Å². The van der Waals surface area contributed by atoms with Crippen molar-refractivity contribution in [3.05, 3.63) is 77.6 Å². The summed E-state index contributed by atoms with van der Waals surface area (Å²) in [4.78, 5) is 2.34. The SMILES string of the molecule is CO[C@@]1(COc2cccc(Cl)c2)COCCN(Cc2cccc(OCCCn3cccn3)c2)C1. The molecule has 0 radical (unpaired) electrons. The lowest BCUT2D eigenvalue weighted by Crippen LogP contribution is -2.50. The number of aromatic nitrogens is 2. The molecule has 2 heterocycles. The van der Waals surface area contributed by atoms with Crippen molar-refractivity contribution in [2.75, 3.05) is 46.6 Å². The highest BCUT2D eigenvalue weighted by Crippen LogP contribution is 2.23. The van der Waals surface area contributed by atoms with Crippen LogP contribution in [0.4, 0.5) is 0 Å². The van der Waals surface area contributed by atoms with Crippen molar-refractivity contribution in [2.45, 2.75) is 25.1 Å². The zero-order chi connectivity index (χ0) is 23.6. The third kappa shape index (κ3) is 7.21. The van der Waals surface area contributed by atoms with Crippen LogP contribution in [-0.4, -0.2) is 66.9 Å². The lowest BCUT2D eigenvalue weighted by Gasteiger charge is -2.34. The Morgan fingerprint density at radius 1 is 1.09 bits per heavy atom. The van der Waals surface area contributed by atoms with Crippen molar-refractivity contribution < 1.29 is 18.9 Å². The largest absolute Gasteiger partial charge is 0.494 e. The molecule has 0 saturated carbocycles. The van der Waals surface area contributed by atoms with Crippen LogP contribution in [0.2, 0.25) is 5.02 Å². The van der Waals surface area contributed by atoms with E-state index in [0.29, 0.717) is 38.0 Å². The Kier molecular flexibility index (Phi) is 8.82. The number of benzene rings is 2. The molecule has 1 fully saturated rings. The van der Waals surface area contributed by atoms with Gasteiger partial charge in [0.15, 0.2) is 0 Å². The first-order chi connectivity index (χ1) is 16.6. The van der Waals surface area contributed by atoms with E-state index in [4.69, 9.17) is 30.5 Å². The lowest BCUT2D eigenvalue weighted by atomic mass is 10.1. The number of nitrogens with zero attached hydrogens (tertiary/aromatic N) is 3. The van der Waals surface area contributed by atoms with Gasteiger partial charge in [0.05, 0.1) is 19.8 Å². The van der Waals surface area contributed by atoms with Crippen LogP contribution in [0.5, 0.6) is 11.5 Å². The van der Waals surface area contributed by atoms with Crippen molar-refractivity contribution in [3.63, 3.8) is 0 Å². The average molecular weight is 486 g/mol. The van der Waals surface area contributed by atoms with Crippen LogP contribution in [0.1, 0.15) is 12.0 Å². The maximum atomic E-state index is 6.09. The molecule has 7 nitrogen and oxygen atoms in total. The second-order valence-corrected chi connectivity index (χ2v) is 8.95. The van der Waals surface area contributed by atoms with Gasteiger partial charge in [-0.3, -0.25) is 9.58 Å². The molecule has 0 aliphatic carbocycles. The maximum absolute atomic E-state index is 6.09. The van der Waals surface area contributed by atoms with E-state index in [1.165, 1.54) is 5.56 Å². The zero-order valence-corrected chi connectivity index (χ0v) is 20.3. The minimum atomic E-state index is -0.570. The van der Waals surface area contributed by atoms with Crippen LogP contribution in [0, 0.1) is 0 Å². The second kappa shape index (κ2) is 12.2. The monoisotopic (exact) mass is 485 g/mol. The van der Waals surface area contributed by atoms with Crippen molar-refractivity contribution in [1.29, 1.82) is 0 Å². The normalized spacial score (nSPS) is 19.0. The van der Waals surface area contributed by atoms with Crippen molar-refractivity contribution in [3.8, 4) is 11.5 Å². The highest BCUT2D eigenvalue weighted by molar-refractivity contribution is 6.30. The van der Waals surface area contributed by atoms with Gasteiger partial charge in [-0.2, -0.15) is 5.10 Å². The van der Waals surface area contributed by atoms with Gasteiger partial charge in [0.2, 0.25) is 0 Å². The highest BCUT2D eigenvalue weighted by Gasteiger charge is 2.36. The fraction of sp³-hybridized carbons (Fsp3) is 0.423. The van der Waals surface area contributed by atoms with Gasteiger partial charge in [0.1, 0.15) is 23.7 Å². The van der Waals surface area contributed by atoms with E-state index in [1.54, 1.807) is 19.4 Å². The molecule has 3 aromatic rings. The van der Waals surface area contributed by atoms with Crippen molar-refractivity contribution in [1.82, 2.24) is 14.7 Å². The van der Waals surface area contributed by atoms with Crippen LogP contribution < -0.4 is 9.47 Å². The molecule has 34 heavy (non-hydrogen) atoms. The predicted molar refractivity (Wildman–Crippen MR) is 132 cm³/mol. The number of halogens is 1. The van der Waals surface area contributed by atoms with E-state index in [9.17, 15) is 0 Å². The maximum Gasteiger partial charge on any atom is 0.137 e. The second-order valence-electron chi connectivity index (χ2n) is 8.51. The number of methoxy groups -OCH3 is 1. The Labute approximate surface area is 206 Å². The molecule has 1 aliphatic rings. The fourth-order valence-corrected chi connectivity index (χ4v) is 4.18. The first-order valence-corrected chi connectivity index (χ1v) is 11.9. The third-order valence-corrected chi connectivity index (χ3v) is 6.06. The first-order valence-electron chi connectivity index (χ1n) is 11.6. The van der Waals surface area contributed by atoms with E-state index in [-0.39, 0.29) is 0 Å². The Bertz CT molecular complexity index is 1020. The number of ether oxygens (including phenoxy) is 4. The zero-order valence-electron chi connectivity index (χ0n) is 19.6. The average Bonchev–Trinajstić information content (AvgIpc) is 3.28. The summed E-state index contributed by atoms with van der Waals surface area (Å²) in [7, 11) is 1.71. The molecule has 182 valence electrons. The molecule has 1 aromatic heterocycles. The van der Waals surface area contributed by atoms with Crippen LogP contribution in [0.3, 0.4) is 0 Å². The van der Waals surface area contributed by atoms with Gasteiger partial charge in [0.25, 0.3) is 0 Å². The lowest BCUT2D eigenvalue weighted by molar-refractivity contribution is -0.0925. The molecule has 0 bridgehead atoms. The van der Waals surface area contributed by atoms with Crippen LogP contribution in [0.15, 0.2) is 67.0 Å². The van der Waals surface area contributed by atoms with E-state index in [2.05, 4.69) is 22.1 Å². The van der Waals surface area contributed by atoms with E-state index in [1.807, 2.05) is 47.3 Å². The van der Waals surface area contributed by atoms with Crippen LogP contribution >= 0.6 is 11.6 Å². The van der Waals surface area contributed by atoms with E-state index in [0.717, 1.165) is 37.6 Å². The molecule has 8 heteroatoms. The van der Waals surface area contributed by atoms with Gasteiger partial charge in [-0.1, -0.05) is 29.8 Å². The summed E-state index contributed by atoms with van der Waals surface area (Å²) in [5.41, 5.74) is 0.617. The van der Waals surface area contributed by atoms with Gasteiger partial charge >= 0.3 is 0 Å². The smallest absolute Gasteiger partial charge is 0.137 e. The summed E-state index contributed by atoms with van der Waals surface area (Å²) < 4.78 is 25.8. The van der Waals surface area contributed by atoms with Crippen LogP contribution in [-0.2, 0) is 22.6 Å². The van der Waals surface area contributed by atoms with Gasteiger partial charge in [-0.15, -0.1) is 0 Å². The molecule has 0 spiro atoms. The topological polar surface area (TPSA) is 58.0 Å². The van der Waals surface area contributed by atoms with Gasteiger partial charge in [-0.05, 0) is 42.0 Å². The minimum Gasteiger partial charge on any atom is -0.494 e. The summed E-state index contributed by atoms with van der Waals surface area (Å²) in [6.45, 7) is 5.27. The molecule has 1 aliphatic heterocycles. The number of rotatable bonds is 11. The van der Waals surface area contributed by atoms with Crippen molar-refractivity contribution in [2.24, 2.45) is 0 Å². The van der Waals surface area contributed by atoms with E-state index >= 15 is 0 Å². The predicted octanol–water partition coefficient (Wildman–Crippen LogP) is 4.30. The Morgan fingerprint density at radius 3 is 2.74 bits per heavy atom. The highest BCUT2D eigenvalue weighted by atomic mass is 35.5. The molecule has 2 aromatic carbocycles. The molecule has 1 saturated heterocycles. The van der Waals surface area contributed by atoms with Crippen LogP contribution in [0.25, 0.3) is 0 Å². The molecular formula is C26H32ClN3O4. The quantitative estimate of drug-likeness (QED) is 0.377.